The summed E-state index contributed by atoms with van der Waals surface area (Å²) in [5, 5.41) is 0. The van der Waals surface area contributed by atoms with Crippen LogP contribution in [0.5, 0.6) is 5.88 Å². The molecular weight excluding hydrogens is 256 g/mol. The highest BCUT2D eigenvalue weighted by atomic mass is 16.5. The lowest BCUT2D eigenvalue weighted by molar-refractivity contribution is 0.0985. The Bertz CT molecular complexity index is 430. The Labute approximate surface area is 121 Å². The third kappa shape index (κ3) is 4.61. The molecule has 0 aliphatic rings. The monoisotopic (exact) mass is 282 g/mol. The number of hydrogen-bond donors (Lipinski definition) is 2. The summed E-state index contributed by atoms with van der Waals surface area (Å²) >= 11 is 0. The Hall–Kier alpha value is -1.40. The van der Waals surface area contributed by atoms with Crippen LogP contribution in [0, 0.1) is 6.92 Å². The van der Waals surface area contributed by atoms with Gasteiger partial charge in [0.15, 0.2) is 5.82 Å². The van der Waals surface area contributed by atoms with Gasteiger partial charge in [-0.15, -0.1) is 0 Å². The molecule has 0 unspecified atom stereocenters. The number of nitrogens with zero attached hydrogens (tertiary/aromatic N) is 2. The van der Waals surface area contributed by atoms with E-state index in [1.807, 2.05) is 27.7 Å². The van der Waals surface area contributed by atoms with Crippen LogP contribution in [-0.4, -0.2) is 29.8 Å². The number of rotatable bonds is 7. The van der Waals surface area contributed by atoms with Gasteiger partial charge in [0.05, 0.1) is 12.2 Å². The molecule has 3 N–H and O–H groups in total. The summed E-state index contributed by atoms with van der Waals surface area (Å²) in [6.45, 7) is 11.9. The van der Waals surface area contributed by atoms with Crippen LogP contribution in [0.1, 0.15) is 45.5 Å². The van der Waals surface area contributed by atoms with Crippen molar-refractivity contribution >= 4 is 5.82 Å². The van der Waals surface area contributed by atoms with Gasteiger partial charge in [-0.05, 0) is 13.3 Å². The SMILES string of the molecule is CCCOCCOc1nc(C(C)(C)C)nc(NN)c1C. The van der Waals surface area contributed by atoms with E-state index in [-0.39, 0.29) is 5.41 Å². The molecule has 0 aliphatic carbocycles. The number of nitrogens with two attached hydrogens (primary N) is 1. The molecule has 1 heterocycles. The Balaban J connectivity index is 2.83. The zero-order valence-electron chi connectivity index (χ0n) is 13.1. The number of anilines is 1. The van der Waals surface area contributed by atoms with Crippen LogP contribution in [0.4, 0.5) is 5.82 Å². The highest BCUT2D eigenvalue weighted by molar-refractivity contribution is 5.48. The summed E-state index contributed by atoms with van der Waals surface area (Å²) < 4.78 is 11.1. The molecule has 0 spiro atoms. The van der Waals surface area contributed by atoms with E-state index in [0.29, 0.717) is 30.7 Å². The van der Waals surface area contributed by atoms with Crippen molar-refractivity contribution in [1.29, 1.82) is 0 Å². The zero-order chi connectivity index (χ0) is 15.2. The molecule has 1 aromatic heterocycles. The van der Waals surface area contributed by atoms with Gasteiger partial charge < -0.3 is 14.9 Å². The van der Waals surface area contributed by atoms with E-state index >= 15 is 0 Å². The molecule has 0 aromatic carbocycles. The van der Waals surface area contributed by atoms with Crippen molar-refractivity contribution < 1.29 is 9.47 Å². The maximum Gasteiger partial charge on any atom is 0.221 e. The highest BCUT2D eigenvalue weighted by Crippen LogP contribution is 2.27. The molecule has 1 rings (SSSR count). The van der Waals surface area contributed by atoms with Crippen LogP contribution in [0.15, 0.2) is 0 Å². The van der Waals surface area contributed by atoms with Crippen molar-refractivity contribution in [2.45, 2.75) is 46.5 Å². The molecular formula is C14H26N4O2. The van der Waals surface area contributed by atoms with E-state index in [9.17, 15) is 0 Å². The summed E-state index contributed by atoms with van der Waals surface area (Å²) in [5.74, 6) is 7.35. The average molecular weight is 282 g/mol. The smallest absolute Gasteiger partial charge is 0.221 e. The lowest BCUT2D eigenvalue weighted by Gasteiger charge is -2.20. The molecule has 20 heavy (non-hydrogen) atoms. The van der Waals surface area contributed by atoms with E-state index < -0.39 is 0 Å². The Morgan fingerprint density at radius 1 is 1.15 bits per heavy atom. The maximum absolute atomic E-state index is 5.69. The van der Waals surface area contributed by atoms with Crippen molar-refractivity contribution in [3.8, 4) is 5.88 Å². The maximum atomic E-state index is 5.69. The number of aromatic nitrogens is 2. The Kier molecular flexibility index (Phi) is 6.16. The van der Waals surface area contributed by atoms with E-state index in [4.69, 9.17) is 15.3 Å². The molecule has 0 saturated carbocycles. The van der Waals surface area contributed by atoms with E-state index in [1.165, 1.54) is 0 Å². The van der Waals surface area contributed by atoms with Gasteiger partial charge in [0.25, 0.3) is 0 Å². The standard InChI is InChI=1S/C14H26N4O2/c1-6-7-19-8-9-20-12-10(2)11(18-15)16-13(17-12)14(3,4)5/h6-9,15H2,1-5H3,(H,16,17,18). The van der Waals surface area contributed by atoms with Gasteiger partial charge in [0.1, 0.15) is 12.4 Å². The van der Waals surface area contributed by atoms with Gasteiger partial charge in [-0.25, -0.2) is 10.8 Å². The van der Waals surface area contributed by atoms with Gasteiger partial charge in [0.2, 0.25) is 5.88 Å². The number of nitrogens with one attached hydrogen (secondary N) is 1. The summed E-state index contributed by atoms with van der Waals surface area (Å²) in [7, 11) is 0. The average Bonchev–Trinajstić information content (AvgIpc) is 2.39. The summed E-state index contributed by atoms with van der Waals surface area (Å²) in [6, 6.07) is 0. The molecule has 6 nitrogen and oxygen atoms in total. The number of hydrogen-bond acceptors (Lipinski definition) is 6. The van der Waals surface area contributed by atoms with Crippen LogP contribution in [0.2, 0.25) is 0 Å². The van der Waals surface area contributed by atoms with Crippen LogP contribution >= 0.6 is 0 Å². The van der Waals surface area contributed by atoms with Crippen molar-refractivity contribution in [3.05, 3.63) is 11.4 Å². The second-order valence-electron chi connectivity index (χ2n) is 5.68. The normalized spacial score (nSPS) is 11.5. The van der Waals surface area contributed by atoms with Gasteiger partial charge >= 0.3 is 0 Å². The number of hydrazine groups is 1. The second-order valence-corrected chi connectivity index (χ2v) is 5.68. The van der Waals surface area contributed by atoms with E-state index in [0.717, 1.165) is 18.6 Å². The van der Waals surface area contributed by atoms with Crippen LogP contribution in [0.3, 0.4) is 0 Å². The summed E-state index contributed by atoms with van der Waals surface area (Å²) in [4.78, 5) is 8.91. The number of ether oxygens (including phenoxy) is 2. The molecule has 0 amide bonds. The Morgan fingerprint density at radius 3 is 2.40 bits per heavy atom. The minimum Gasteiger partial charge on any atom is -0.475 e. The van der Waals surface area contributed by atoms with Crippen molar-refractivity contribution in [1.82, 2.24) is 9.97 Å². The van der Waals surface area contributed by atoms with Crippen molar-refractivity contribution in [2.24, 2.45) is 5.84 Å². The third-order valence-electron chi connectivity index (χ3n) is 2.72. The molecule has 1 aromatic rings. The van der Waals surface area contributed by atoms with Gasteiger partial charge in [-0.3, -0.25) is 0 Å². The quantitative estimate of drug-likeness (QED) is 0.453. The molecule has 6 heteroatoms. The fourth-order valence-corrected chi connectivity index (χ4v) is 1.56. The van der Waals surface area contributed by atoms with Crippen LogP contribution in [-0.2, 0) is 10.2 Å². The zero-order valence-corrected chi connectivity index (χ0v) is 13.1. The Morgan fingerprint density at radius 2 is 1.85 bits per heavy atom. The first-order valence-corrected chi connectivity index (χ1v) is 6.96. The van der Waals surface area contributed by atoms with E-state index in [1.54, 1.807) is 0 Å². The van der Waals surface area contributed by atoms with Crippen molar-refractivity contribution in [3.63, 3.8) is 0 Å². The lowest BCUT2D eigenvalue weighted by atomic mass is 9.95. The second kappa shape index (κ2) is 7.40. The number of nitrogen functional groups attached to an aromatic ring is 1. The van der Waals surface area contributed by atoms with Crippen molar-refractivity contribution in [2.75, 3.05) is 25.2 Å². The topological polar surface area (TPSA) is 82.3 Å². The summed E-state index contributed by atoms with van der Waals surface area (Å²) in [5.41, 5.74) is 3.23. The molecule has 0 fully saturated rings. The highest BCUT2D eigenvalue weighted by Gasteiger charge is 2.21. The third-order valence-corrected chi connectivity index (χ3v) is 2.72. The first-order chi connectivity index (χ1) is 9.40. The molecule has 0 bridgehead atoms. The molecule has 0 aliphatic heterocycles. The fourth-order valence-electron chi connectivity index (χ4n) is 1.56. The summed E-state index contributed by atoms with van der Waals surface area (Å²) in [6.07, 6.45) is 1.00. The molecule has 0 radical (unpaired) electrons. The first-order valence-electron chi connectivity index (χ1n) is 6.96. The van der Waals surface area contributed by atoms with E-state index in [2.05, 4.69) is 22.3 Å². The van der Waals surface area contributed by atoms with Crippen LogP contribution in [0.25, 0.3) is 0 Å². The molecule has 0 atom stereocenters. The largest absolute Gasteiger partial charge is 0.475 e. The minimum absolute atomic E-state index is 0.171. The molecule has 114 valence electrons. The first kappa shape index (κ1) is 16.7. The predicted molar refractivity (Wildman–Crippen MR) is 79.9 cm³/mol. The minimum atomic E-state index is -0.171. The molecule has 0 saturated heterocycles. The van der Waals surface area contributed by atoms with Gasteiger partial charge in [-0.2, -0.15) is 4.98 Å². The predicted octanol–water partition coefficient (Wildman–Crippen LogP) is 2.17. The van der Waals surface area contributed by atoms with Gasteiger partial charge in [0, 0.05) is 12.0 Å². The van der Waals surface area contributed by atoms with Crippen LogP contribution < -0.4 is 16.0 Å². The van der Waals surface area contributed by atoms with Gasteiger partial charge in [-0.1, -0.05) is 27.7 Å². The lowest BCUT2D eigenvalue weighted by Crippen LogP contribution is -2.21. The fraction of sp³-hybridized carbons (Fsp3) is 0.714.